The number of fused-ring (bicyclic) bond motifs is 4. The number of benzene rings is 1. The number of rotatable bonds is 12. The normalized spacial score (nSPS) is 28.9. The number of hydrogen-bond donors (Lipinski definition) is 2. The van der Waals surface area contributed by atoms with E-state index in [1.54, 1.807) is 12.1 Å². The van der Waals surface area contributed by atoms with Gasteiger partial charge in [0.1, 0.15) is 23.2 Å². The first-order chi connectivity index (χ1) is 38.3. The van der Waals surface area contributed by atoms with Crippen LogP contribution in [-0.2, 0) is 55.8 Å². The number of thiazole rings is 1. The van der Waals surface area contributed by atoms with Crippen LogP contribution in [0, 0.1) is 29.1 Å². The number of ether oxygens (including phenoxy) is 6. The molecule has 7 aliphatic heterocycles. The third-order valence-corrected chi connectivity index (χ3v) is 18.9. The van der Waals surface area contributed by atoms with Crippen LogP contribution in [0.1, 0.15) is 107 Å². The Balaban J connectivity index is 0.992. The standard InChI is InChI=1S/C60H79N9O9S/c1-36-33-77-55(36)56(70)63-52-54(67-19-24-75-25-20-67)57-62-48(34-79-57)40-9-12-49-45(30-40)47(31-60(4,5)35-78-59(72)51-41-28-43(29-41)69(64-51)58(52)71)53(68(49)21-26-76-44-13-22-74-23-14-44)46-27-39(32-61-50(46)38(3)73-6)8-7-37(2)65-15-17-66(18-16-65)42-10-11-42/h9,12,27,30,32,34,36-38,41-44,51-52,54-55,64H,10-11,13-26,28-29,31,33,35H2,1-6H3,(H,63,70)/t36-,37+,38-,41?,43?,51-,52-,54-,55-/m0/s1. The maximum absolute atomic E-state index is 15.4. The molecule has 9 aliphatic rings. The summed E-state index contributed by atoms with van der Waals surface area (Å²) in [6.45, 7) is 19.7. The van der Waals surface area contributed by atoms with Crippen LogP contribution >= 0.6 is 11.3 Å². The number of cyclic esters (lactones) is 1. The molecule has 2 saturated carbocycles. The van der Waals surface area contributed by atoms with Crippen molar-refractivity contribution in [3.05, 3.63) is 57.7 Å². The van der Waals surface area contributed by atoms with Gasteiger partial charge in [-0.1, -0.05) is 38.7 Å². The van der Waals surface area contributed by atoms with Crippen LogP contribution in [0.25, 0.3) is 33.4 Å². The minimum Gasteiger partial charge on any atom is -0.464 e. The summed E-state index contributed by atoms with van der Waals surface area (Å²) in [6, 6.07) is 7.01. The highest BCUT2D eigenvalue weighted by Gasteiger charge is 2.53. The highest BCUT2D eigenvalue weighted by Crippen LogP contribution is 2.45. The summed E-state index contributed by atoms with van der Waals surface area (Å²) in [5.74, 6) is 6.13. The Bertz CT molecular complexity index is 2940. The predicted molar refractivity (Wildman–Crippen MR) is 299 cm³/mol. The fourth-order valence-corrected chi connectivity index (χ4v) is 14.0. The largest absolute Gasteiger partial charge is 0.464 e. The van der Waals surface area contributed by atoms with Gasteiger partial charge in [-0.15, -0.1) is 11.3 Å². The van der Waals surface area contributed by atoms with Gasteiger partial charge in [0.2, 0.25) is 5.91 Å². The Kier molecular flexibility index (Phi) is 16.1. The van der Waals surface area contributed by atoms with Crippen molar-refractivity contribution in [3.8, 4) is 34.4 Å². The summed E-state index contributed by atoms with van der Waals surface area (Å²) in [7, 11) is 1.72. The lowest BCUT2D eigenvalue weighted by atomic mass is 9.73. The van der Waals surface area contributed by atoms with Gasteiger partial charge in [-0.2, -0.15) is 0 Å². The Morgan fingerprint density at radius 1 is 0.975 bits per heavy atom. The van der Waals surface area contributed by atoms with Gasteiger partial charge in [-0.05, 0) is 88.5 Å². The monoisotopic (exact) mass is 1100 g/mol. The Morgan fingerprint density at radius 3 is 2.47 bits per heavy atom. The zero-order valence-corrected chi connectivity index (χ0v) is 47.7. The zero-order chi connectivity index (χ0) is 54.5. The molecule has 2 aliphatic carbocycles. The highest BCUT2D eigenvalue weighted by atomic mass is 32.1. The first kappa shape index (κ1) is 54.7. The van der Waals surface area contributed by atoms with Gasteiger partial charge in [0.15, 0.2) is 0 Å². The molecule has 10 heterocycles. The third kappa shape index (κ3) is 11.4. The van der Waals surface area contributed by atoms with Crippen molar-refractivity contribution < 1.29 is 42.8 Å². The molecule has 0 spiro atoms. The van der Waals surface area contributed by atoms with E-state index in [-0.39, 0.29) is 54.5 Å². The minimum absolute atomic E-state index is 0.0000367. The Morgan fingerprint density at radius 2 is 1.75 bits per heavy atom. The van der Waals surface area contributed by atoms with Gasteiger partial charge < -0.3 is 38.3 Å². The molecule has 79 heavy (non-hydrogen) atoms. The van der Waals surface area contributed by atoms with Gasteiger partial charge in [0.25, 0.3) is 5.91 Å². The second-order valence-electron chi connectivity index (χ2n) is 24.2. The van der Waals surface area contributed by atoms with Crippen LogP contribution in [0.15, 0.2) is 35.8 Å². The Labute approximate surface area is 468 Å². The first-order valence-corrected chi connectivity index (χ1v) is 30.0. The number of methoxy groups -OCH3 is 1. The van der Waals surface area contributed by atoms with Crippen molar-refractivity contribution in [2.75, 3.05) is 92.6 Å². The van der Waals surface area contributed by atoms with Gasteiger partial charge >= 0.3 is 5.97 Å². The van der Waals surface area contributed by atoms with E-state index in [1.165, 1.54) is 24.2 Å². The number of amides is 2. The van der Waals surface area contributed by atoms with E-state index in [9.17, 15) is 9.59 Å². The molecular weight excluding hydrogens is 1020 g/mol. The maximum Gasteiger partial charge on any atom is 0.325 e. The van der Waals surface area contributed by atoms with Gasteiger partial charge in [0.05, 0.1) is 74.4 Å². The molecule has 18 nitrogen and oxygen atoms in total. The number of aromatic nitrogens is 3. The number of piperazine rings is 1. The molecule has 6 saturated heterocycles. The quantitative estimate of drug-likeness (QED) is 0.129. The van der Waals surface area contributed by atoms with E-state index in [2.05, 4.69) is 92.3 Å². The molecule has 8 bridgehead atoms. The molecule has 424 valence electrons. The zero-order valence-electron chi connectivity index (χ0n) is 46.9. The van der Waals surface area contributed by atoms with Crippen LogP contribution in [0.2, 0.25) is 0 Å². The van der Waals surface area contributed by atoms with Crippen LogP contribution in [0.4, 0.5) is 0 Å². The molecule has 4 aromatic rings. The van der Waals surface area contributed by atoms with E-state index >= 15 is 4.79 Å². The molecular formula is C60H79N9O9S. The molecule has 2 amide bonds. The second-order valence-corrected chi connectivity index (χ2v) is 25.1. The number of nitrogens with one attached hydrogen (secondary N) is 2. The fourth-order valence-electron chi connectivity index (χ4n) is 13.0. The average molecular weight is 1100 g/mol. The summed E-state index contributed by atoms with van der Waals surface area (Å²) >= 11 is 1.49. The average Bonchev–Trinajstić information content (AvgIpc) is 4.37. The number of carbonyl (C=O) groups is 3. The van der Waals surface area contributed by atoms with E-state index in [1.807, 2.05) is 20.0 Å². The lowest BCUT2D eigenvalue weighted by Gasteiger charge is -2.53. The lowest BCUT2D eigenvalue weighted by Crippen LogP contribution is -2.72. The summed E-state index contributed by atoms with van der Waals surface area (Å²) in [6.07, 6.45) is 7.13. The van der Waals surface area contributed by atoms with Crippen molar-refractivity contribution in [1.82, 2.24) is 45.0 Å². The number of pyridine rings is 1. The van der Waals surface area contributed by atoms with Crippen molar-refractivity contribution in [2.24, 2.45) is 17.3 Å². The van der Waals surface area contributed by atoms with Crippen molar-refractivity contribution >= 4 is 40.0 Å². The molecule has 13 rings (SSSR count). The van der Waals surface area contributed by atoms with E-state index in [0.717, 1.165) is 95.3 Å². The van der Waals surface area contributed by atoms with Crippen molar-refractivity contribution in [3.63, 3.8) is 0 Å². The van der Waals surface area contributed by atoms with Crippen molar-refractivity contribution in [2.45, 2.75) is 141 Å². The van der Waals surface area contributed by atoms with Crippen LogP contribution in [0.5, 0.6) is 0 Å². The van der Waals surface area contributed by atoms with Crippen LogP contribution in [-0.4, -0.2) is 187 Å². The summed E-state index contributed by atoms with van der Waals surface area (Å²) < 4.78 is 38.9. The van der Waals surface area contributed by atoms with E-state index < -0.39 is 35.6 Å². The van der Waals surface area contributed by atoms with Crippen molar-refractivity contribution in [1.29, 1.82) is 0 Å². The molecule has 0 unspecified atom stereocenters. The Hall–Kier alpha value is -4.85. The molecule has 0 radical (unpaired) electrons. The predicted octanol–water partition coefficient (Wildman–Crippen LogP) is 5.76. The van der Waals surface area contributed by atoms with Crippen LogP contribution < -0.4 is 10.7 Å². The molecule has 2 N–H and O–H groups in total. The molecule has 1 aromatic carbocycles. The fraction of sp³-hybridized carbons (Fsp3) is 0.650. The maximum atomic E-state index is 15.4. The topological polar surface area (TPSA) is 174 Å². The number of carbonyl (C=O) groups excluding carboxylic acids is 3. The molecule has 8 fully saturated rings. The number of nitrogens with zero attached hydrogens (tertiary/aromatic N) is 7. The number of hydrazine groups is 1. The molecule has 7 atom stereocenters. The second kappa shape index (κ2) is 23.2. The third-order valence-electron chi connectivity index (χ3n) is 18.0. The number of esters is 1. The van der Waals surface area contributed by atoms with Gasteiger partial charge in [-0.25, -0.2) is 10.4 Å². The number of morpholine rings is 1. The number of hydrogen-bond acceptors (Lipinski definition) is 16. The van der Waals surface area contributed by atoms with Crippen LogP contribution in [0.3, 0.4) is 0 Å². The summed E-state index contributed by atoms with van der Waals surface area (Å²) in [5, 5.41) is 8.60. The summed E-state index contributed by atoms with van der Waals surface area (Å²) in [4.78, 5) is 62.1. The van der Waals surface area contributed by atoms with Gasteiger partial charge in [0, 0.05) is 129 Å². The van der Waals surface area contributed by atoms with E-state index in [0.29, 0.717) is 83.5 Å². The smallest absolute Gasteiger partial charge is 0.325 e. The molecule has 19 heteroatoms. The molecule has 3 aromatic heterocycles. The van der Waals surface area contributed by atoms with E-state index in [4.69, 9.17) is 38.4 Å². The summed E-state index contributed by atoms with van der Waals surface area (Å²) in [5.41, 5.74) is 10.1. The highest BCUT2D eigenvalue weighted by molar-refractivity contribution is 7.10. The SMILES string of the molecule is CO[C@@H](C)c1ncc(C#C[C@@H](C)N2CCN(C3CC3)CC2)cc1-c1c2c3cc(ccc3n1CCOC1CCOCC1)-c1csc(n1)[C@@H](N1CCOCC1)[C@H](NC(=O)[C@H]1OC[C@@H]1C)C(=O)N1N[C@H](C(=O)OCC(C)(C)C2)C2CC1C2. The van der Waals surface area contributed by atoms with Gasteiger partial charge in [-0.3, -0.25) is 39.1 Å². The minimum atomic E-state index is -1.06. The first-order valence-electron chi connectivity index (χ1n) is 29.1. The lowest BCUT2D eigenvalue weighted by molar-refractivity contribution is -0.174.